The summed E-state index contributed by atoms with van der Waals surface area (Å²) in [6, 6.07) is 12.5. The smallest absolute Gasteiger partial charge is 0.335 e. The largest absolute Gasteiger partial charge is 0.478 e. The van der Waals surface area contributed by atoms with Crippen LogP contribution in [0.25, 0.3) is 17.4 Å². The van der Waals surface area contributed by atoms with Gasteiger partial charge in [0.05, 0.1) is 11.3 Å². The minimum Gasteiger partial charge on any atom is -0.478 e. The maximum Gasteiger partial charge on any atom is 0.335 e. The lowest BCUT2D eigenvalue weighted by molar-refractivity contribution is -0.127. The number of rotatable bonds is 6. The third kappa shape index (κ3) is 4.56. The fourth-order valence-corrected chi connectivity index (χ4v) is 3.35. The maximum absolute atomic E-state index is 13.7. The number of aromatic carboxylic acids is 1. The highest BCUT2D eigenvalue weighted by Crippen LogP contribution is 2.28. The highest BCUT2D eigenvalue weighted by molar-refractivity contribution is 6.15. The van der Waals surface area contributed by atoms with Gasteiger partial charge in [-0.3, -0.25) is 9.59 Å². The molecule has 0 aliphatic carbocycles. The zero-order valence-corrected chi connectivity index (χ0v) is 17.8. The number of hydrogen-bond acceptors (Lipinski definition) is 5. The summed E-state index contributed by atoms with van der Waals surface area (Å²) in [5, 5.41) is 13.9. The molecule has 0 saturated carbocycles. The first kappa shape index (κ1) is 22.5. The van der Waals surface area contributed by atoms with Crippen LogP contribution in [-0.4, -0.2) is 40.4 Å². The number of imide groups is 1. The minimum atomic E-state index is -1.08. The number of carbonyl (C=O) groups excluding carboxylic acids is 3. The van der Waals surface area contributed by atoms with E-state index >= 15 is 0 Å². The molecule has 2 heterocycles. The lowest BCUT2D eigenvalue weighted by atomic mass is 10.0. The Morgan fingerprint density at radius 3 is 2.65 bits per heavy atom. The molecule has 0 spiro atoms. The van der Waals surface area contributed by atoms with Crippen LogP contribution in [0.4, 0.5) is 14.9 Å². The molecule has 0 unspecified atom stereocenters. The Morgan fingerprint density at radius 1 is 1.15 bits per heavy atom. The lowest BCUT2D eigenvalue weighted by Crippen LogP contribution is -2.38. The lowest BCUT2D eigenvalue weighted by Gasteiger charge is -2.12. The van der Waals surface area contributed by atoms with Gasteiger partial charge in [-0.05, 0) is 48.9 Å². The van der Waals surface area contributed by atoms with Gasteiger partial charge in [-0.15, -0.1) is 0 Å². The molecular weight excluding hydrogens is 445 g/mol. The number of carboxylic acids is 1. The van der Waals surface area contributed by atoms with Crippen LogP contribution in [0.2, 0.25) is 0 Å². The van der Waals surface area contributed by atoms with E-state index < -0.39 is 36.2 Å². The molecule has 34 heavy (non-hydrogen) atoms. The molecule has 2 aromatic carbocycles. The first-order valence-electron chi connectivity index (χ1n) is 10.1. The van der Waals surface area contributed by atoms with Crippen molar-refractivity contribution in [1.82, 2.24) is 10.2 Å². The number of carbonyl (C=O) groups is 4. The van der Waals surface area contributed by atoms with E-state index in [0.29, 0.717) is 16.2 Å². The Hall–Kier alpha value is -4.73. The Balaban J connectivity index is 1.49. The molecule has 9 nitrogen and oxygen atoms in total. The van der Waals surface area contributed by atoms with E-state index in [1.54, 1.807) is 25.1 Å². The number of hydrogen-bond donors (Lipinski definition) is 3. The van der Waals surface area contributed by atoms with Gasteiger partial charge in [0.15, 0.2) is 0 Å². The molecule has 1 aromatic heterocycles. The van der Waals surface area contributed by atoms with Gasteiger partial charge < -0.3 is 20.2 Å². The summed E-state index contributed by atoms with van der Waals surface area (Å²) in [5.74, 6) is -2.61. The standard InChI is InChI=1S/C24H18FN3O6/c1-13-6-7-14(23(31)32)10-16(13)20-9-8-15(34-20)11-19-22(30)28(24(33)27-19)12-21(29)26-18-5-3-2-4-17(18)25/h2-11H,12H2,1H3,(H,26,29)(H,27,33)(H,31,32)/b19-11+. The predicted molar refractivity (Wildman–Crippen MR) is 119 cm³/mol. The van der Waals surface area contributed by atoms with Crippen molar-refractivity contribution in [2.45, 2.75) is 6.92 Å². The molecule has 10 heteroatoms. The fourth-order valence-electron chi connectivity index (χ4n) is 3.35. The number of furan rings is 1. The van der Waals surface area contributed by atoms with Crippen LogP contribution < -0.4 is 10.6 Å². The third-order valence-electron chi connectivity index (χ3n) is 5.08. The number of urea groups is 1. The number of anilines is 1. The highest BCUT2D eigenvalue weighted by atomic mass is 19.1. The summed E-state index contributed by atoms with van der Waals surface area (Å²) in [5.41, 5.74) is 1.27. The molecule has 0 radical (unpaired) electrons. The van der Waals surface area contributed by atoms with Crippen molar-refractivity contribution >= 4 is 35.6 Å². The van der Waals surface area contributed by atoms with Crippen molar-refractivity contribution in [3.05, 3.63) is 83.0 Å². The van der Waals surface area contributed by atoms with Crippen molar-refractivity contribution in [2.75, 3.05) is 11.9 Å². The maximum atomic E-state index is 13.7. The molecule has 3 N–H and O–H groups in total. The molecule has 172 valence electrons. The van der Waals surface area contributed by atoms with Gasteiger partial charge in [-0.25, -0.2) is 18.9 Å². The van der Waals surface area contributed by atoms with Crippen LogP contribution in [-0.2, 0) is 9.59 Å². The molecule has 1 aliphatic rings. The van der Waals surface area contributed by atoms with Crippen LogP contribution in [0.1, 0.15) is 21.7 Å². The number of carboxylic acid groups (broad SMARTS) is 1. The monoisotopic (exact) mass is 463 g/mol. The number of halogens is 1. The minimum absolute atomic E-state index is 0.0688. The van der Waals surface area contributed by atoms with Crippen molar-refractivity contribution in [1.29, 1.82) is 0 Å². The predicted octanol–water partition coefficient (Wildman–Crippen LogP) is 3.62. The molecule has 1 saturated heterocycles. The average Bonchev–Trinajstić information content (AvgIpc) is 3.36. The van der Waals surface area contributed by atoms with Crippen molar-refractivity contribution in [3.8, 4) is 11.3 Å². The van der Waals surface area contributed by atoms with E-state index in [9.17, 15) is 28.7 Å². The first-order chi connectivity index (χ1) is 16.2. The van der Waals surface area contributed by atoms with E-state index in [1.165, 1.54) is 42.5 Å². The molecule has 0 bridgehead atoms. The second kappa shape index (κ2) is 9.02. The molecule has 3 aromatic rings. The van der Waals surface area contributed by atoms with E-state index in [4.69, 9.17) is 4.42 Å². The molecule has 1 aliphatic heterocycles. The second-order valence-corrected chi connectivity index (χ2v) is 7.44. The number of para-hydroxylation sites is 1. The van der Waals surface area contributed by atoms with E-state index in [-0.39, 0.29) is 22.7 Å². The fraction of sp³-hybridized carbons (Fsp3) is 0.0833. The Labute approximate surface area is 192 Å². The van der Waals surface area contributed by atoms with Gasteiger partial charge in [0.2, 0.25) is 5.91 Å². The topological polar surface area (TPSA) is 129 Å². The first-order valence-corrected chi connectivity index (χ1v) is 10.1. The number of benzene rings is 2. The van der Waals surface area contributed by atoms with Gasteiger partial charge in [0.1, 0.15) is 29.6 Å². The third-order valence-corrected chi connectivity index (χ3v) is 5.08. The number of nitrogens with one attached hydrogen (secondary N) is 2. The summed E-state index contributed by atoms with van der Waals surface area (Å²) in [6.07, 6.45) is 1.30. The summed E-state index contributed by atoms with van der Waals surface area (Å²) < 4.78 is 19.4. The van der Waals surface area contributed by atoms with Crippen LogP contribution >= 0.6 is 0 Å². The number of nitrogens with zero attached hydrogens (tertiary/aromatic N) is 1. The van der Waals surface area contributed by atoms with Gasteiger partial charge in [0, 0.05) is 11.6 Å². The second-order valence-electron chi connectivity index (χ2n) is 7.44. The van der Waals surface area contributed by atoms with Crippen LogP contribution in [0.5, 0.6) is 0 Å². The van der Waals surface area contributed by atoms with E-state index in [2.05, 4.69) is 10.6 Å². The molecule has 4 rings (SSSR count). The van der Waals surface area contributed by atoms with Gasteiger partial charge in [-0.2, -0.15) is 0 Å². The van der Waals surface area contributed by atoms with Gasteiger partial charge in [-0.1, -0.05) is 18.2 Å². The van der Waals surface area contributed by atoms with Crippen molar-refractivity contribution in [2.24, 2.45) is 0 Å². The summed E-state index contributed by atoms with van der Waals surface area (Å²) in [6.45, 7) is 1.19. The van der Waals surface area contributed by atoms with Crippen LogP contribution in [0, 0.1) is 12.7 Å². The normalized spacial score (nSPS) is 14.4. The van der Waals surface area contributed by atoms with Crippen molar-refractivity contribution < 1.29 is 33.1 Å². The SMILES string of the molecule is Cc1ccc(C(=O)O)cc1-c1ccc(/C=C2/NC(=O)N(CC(=O)Nc3ccccc3F)C2=O)o1. The van der Waals surface area contributed by atoms with Gasteiger partial charge >= 0.3 is 12.0 Å². The number of amides is 4. The van der Waals surface area contributed by atoms with Gasteiger partial charge in [0.25, 0.3) is 5.91 Å². The van der Waals surface area contributed by atoms with E-state index in [0.717, 1.165) is 5.56 Å². The molecule has 0 atom stereocenters. The zero-order valence-electron chi connectivity index (χ0n) is 17.8. The number of aryl methyl sites for hydroxylation is 1. The van der Waals surface area contributed by atoms with Crippen molar-refractivity contribution in [3.63, 3.8) is 0 Å². The van der Waals surface area contributed by atoms with Crippen LogP contribution in [0.15, 0.2) is 64.7 Å². The Bertz CT molecular complexity index is 1360. The summed E-state index contributed by atoms with van der Waals surface area (Å²) in [4.78, 5) is 49.0. The van der Waals surface area contributed by atoms with E-state index in [1.807, 2.05) is 0 Å². The summed E-state index contributed by atoms with van der Waals surface area (Å²) in [7, 11) is 0. The quantitative estimate of drug-likeness (QED) is 0.378. The Morgan fingerprint density at radius 2 is 1.91 bits per heavy atom. The van der Waals surface area contributed by atoms with Crippen LogP contribution in [0.3, 0.4) is 0 Å². The average molecular weight is 463 g/mol. The molecule has 1 fully saturated rings. The molecule has 4 amide bonds. The molecular formula is C24H18FN3O6. The summed E-state index contributed by atoms with van der Waals surface area (Å²) >= 11 is 0. The zero-order chi connectivity index (χ0) is 24.4. The Kier molecular flexibility index (Phi) is 5.96. The highest BCUT2D eigenvalue weighted by Gasteiger charge is 2.35.